The summed E-state index contributed by atoms with van der Waals surface area (Å²) in [7, 11) is 0. The third kappa shape index (κ3) is 8.55. The van der Waals surface area contributed by atoms with E-state index in [2.05, 4.69) is 34.6 Å². The molecule has 86 valence electrons. The van der Waals surface area contributed by atoms with Gasteiger partial charge in [-0.3, -0.25) is 0 Å². The molecule has 0 fully saturated rings. The fraction of sp³-hybridized carbons (Fsp3) is 1.00. The molecule has 0 aliphatic heterocycles. The summed E-state index contributed by atoms with van der Waals surface area (Å²) in [5.41, 5.74) is 0.309. The SMILES string of the molecule is CCCC[C@H](CC)COCC(C)(C)C. The zero-order valence-corrected chi connectivity index (χ0v) is 10.7. The minimum Gasteiger partial charge on any atom is -0.381 e. The molecule has 1 atom stereocenters. The first-order valence-corrected chi connectivity index (χ1v) is 6.07. The van der Waals surface area contributed by atoms with Crippen LogP contribution in [0.25, 0.3) is 0 Å². The quantitative estimate of drug-likeness (QED) is 0.596. The molecule has 14 heavy (non-hydrogen) atoms. The summed E-state index contributed by atoms with van der Waals surface area (Å²) in [6.07, 6.45) is 5.23. The van der Waals surface area contributed by atoms with Crippen molar-refractivity contribution in [2.24, 2.45) is 11.3 Å². The lowest BCUT2D eigenvalue weighted by Crippen LogP contribution is -2.18. The second-order valence-corrected chi connectivity index (χ2v) is 5.49. The van der Waals surface area contributed by atoms with Gasteiger partial charge in [0.05, 0.1) is 6.61 Å². The molecule has 0 aromatic heterocycles. The van der Waals surface area contributed by atoms with Gasteiger partial charge < -0.3 is 4.74 Å². The Labute approximate surface area is 90.2 Å². The van der Waals surface area contributed by atoms with Crippen molar-refractivity contribution < 1.29 is 4.74 Å². The molecule has 0 aliphatic rings. The number of ether oxygens (including phenoxy) is 1. The molecule has 0 aromatic rings. The lowest BCUT2D eigenvalue weighted by atomic mass is 9.98. The lowest BCUT2D eigenvalue weighted by molar-refractivity contribution is 0.0443. The second kappa shape index (κ2) is 7.28. The minimum absolute atomic E-state index is 0.309. The Bertz CT molecular complexity index is 124. The van der Waals surface area contributed by atoms with E-state index < -0.39 is 0 Å². The molecule has 0 aliphatic carbocycles. The summed E-state index contributed by atoms with van der Waals surface area (Å²) in [5, 5.41) is 0. The number of unbranched alkanes of at least 4 members (excludes halogenated alkanes) is 1. The molecule has 0 unspecified atom stereocenters. The van der Waals surface area contributed by atoms with Crippen molar-refractivity contribution in [2.45, 2.75) is 60.3 Å². The summed E-state index contributed by atoms with van der Waals surface area (Å²) in [5.74, 6) is 0.775. The van der Waals surface area contributed by atoms with E-state index in [-0.39, 0.29) is 0 Å². The predicted octanol–water partition coefficient (Wildman–Crippen LogP) is 4.27. The molecule has 0 N–H and O–H groups in total. The van der Waals surface area contributed by atoms with Crippen LogP contribution in [0.4, 0.5) is 0 Å². The van der Waals surface area contributed by atoms with Gasteiger partial charge in [-0.1, -0.05) is 53.9 Å². The second-order valence-electron chi connectivity index (χ2n) is 5.49. The van der Waals surface area contributed by atoms with Crippen LogP contribution in [0.15, 0.2) is 0 Å². The Morgan fingerprint density at radius 1 is 1.14 bits per heavy atom. The first kappa shape index (κ1) is 14.0. The van der Waals surface area contributed by atoms with Crippen LogP contribution >= 0.6 is 0 Å². The van der Waals surface area contributed by atoms with Gasteiger partial charge in [0.25, 0.3) is 0 Å². The number of rotatable bonds is 7. The van der Waals surface area contributed by atoms with Crippen molar-refractivity contribution in [1.82, 2.24) is 0 Å². The fourth-order valence-corrected chi connectivity index (χ4v) is 1.43. The summed E-state index contributed by atoms with van der Waals surface area (Å²) < 4.78 is 5.75. The first-order chi connectivity index (χ1) is 6.49. The molecule has 0 aromatic carbocycles. The predicted molar refractivity (Wildman–Crippen MR) is 63.6 cm³/mol. The molecule has 0 saturated carbocycles. The van der Waals surface area contributed by atoms with Crippen LogP contribution < -0.4 is 0 Å². The van der Waals surface area contributed by atoms with Crippen LogP contribution in [0, 0.1) is 11.3 Å². The maximum absolute atomic E-state index is 5.75. The zero-order valence-electron chi connectivity index (χ0n) is 10.7. The first-order valence-electron chi connectivity index (χ1n) is 6.07. The Balaban J connectivity index is 3.52. The monoisotopic (exact) mass is 200 g/mol. The summed E-state index contributed by atoms with van der Waals surface area (Å²) in [4.78, 5) is 0. The topological polar surface area (TPSA) is 9.23 Å². The molecular weight excluding hydrogens is 172 g/mol. The van der Waals surface area contributed by atoms with Crippen molar-refractivity contribution in [3.63, 3.8) is 0 Å². The summed E-state index contributed by atoms with van der Waals surface area (Å²) >= 11 is 0. The van der Waals surface area contributed by atoms with Crippen molar-refractivity contribution in [2.75, 3.05) is 13.2 Å². The molecular formula is C13H28O. The van der Waals surface area contributed by atoms with E-state index in [0.717, 1.165) is 19.1 Å². The molecule has 0 bridgehead atoms. The van der Waals surface area contributed by atoms with E-state index in [1.165, 1.54) is 25.7 Å². The van der Waals surface area contributed by atoms with Crippen molar-refractivity contribution >= 4 is 0 Å². The van der Waals surface area contributed by atoms with Gasteiger partial charge >= 0.3 is 0 Å². The average Bonchev–Trinajstić information content (AvgIpc) is 2.09. The van der Waals surface area contributed by atoms with Crippen LogP contribution in [-0.2, 0) is 4.74 Å². The molecule has 0 heterocycles. The highest BCUT2D eigenvalue weighted by molar-refractivity contribution is 4.61. The van der Waals surface area contributed by atoms with Gasteiger partial charge in [-0.2, -0.15) is 0 Å². The van der Waals surface area contributed by atoms with Crippen LogP contribution in [0.2, 0.25) is 0 Å². The van der Waals surface area contributed by atoms with Gasteiger partial charge in [0.1, 0.15) is 0 Å². The Morgan fingerprint density at radius 2 is 1.79 bits per heavy atom. The third-order valence-corrected chi connectivity index (χ3v) is 2.43. The smallest absolute Gasteiger partial charge is 0.0514 e. The molecule has 0 amide bonds. The molecule has 1 heteroatoms. The van der Waals surface area contributed by atoms with E-state index in [4.69, 9.17) is 4.74 Å². The summed E-state index contributed by atoms with van der Waals surface area (Å²) in [6.45, 7) is 13.0. The van der Waals surface area contributed by atoms with Crippen molar-refractivity contribution in [3.8, 4) is 0 Å². The highest BCUT2D eigenvalue weighted by Crippen LogP contribution is 2.16. The summed E-state index contributed by atoms with van der Waals surface area (Å²) in [6, 6.07) is 0. The van der Waals surface area contributed by atoms with Crippen molar-refractivity contribution in [1.29, 1.82) is 0 Å². The highest BCUT2D eigenvalue weighted by atomic mass is 16.5. The Hall–Kier alpha value is -0.0400. The van der Waals surface area contributed by atoms with E-state index in [1.54, 1.807) is 0 Å². The maximum atomic E-state index is 5.75. The van der Waals surface area contributed by atoms with E-state index in [0.29, 0.717) is 5.41 Å². The molecule has 0 rings (SSSR count). The maximum Gasteiger partial charge on any atom is 0.0514 e. The molecule has 0 saturated heterocycles. The third-order valence-electron chi connectivity index (χ3n) is 2.43. The van der Waals surface area contributed by atoms with Gasteiger partial charge in [-0.15, -0.1) is 0 Å². The van der Waals surface area contributed by atoms with Crippen molar-refractivity contribution in [3.05, 3.63) is 0 Å². The van der Waals surface area contributed by atoms with Crippen LogP contribution in [0.1, 0.15) is 60.3 Å². The molecule has 0 spiro atoms. The van der Waals surface area contributed by atoms with Gasteiger partial charge in [0.2, 0.25) is 0 Å². The van der Waals surface area contributed by atoms with Gasteiger partial charge in [0, 0.05) is 6.61 Å². The van der Waals surface area contributed by atoms with E-state index in [1.807, 2.05) is 0 Å². The standard InChI is InChI=1S/C13H28O/c1-6-8-9-12(7-2)10-14-11-13(3,4)5/h12H,6-11H2,1-5H3/t12-/m0/s1. The fourth-order valence-electron chi connectivity index (χ4n) is 1.43. The van der Waals surface area contributed by atoms with Gasteiger partial charge in [-0.25, -0.2) is 0 Å². The van der Waals surface area contributed by atoms with Gasteiger partial charge in [-0.05, 0) is 17.8 Å². The van der Waals surface area contributed by atoms with Crippen LogP contribution in [0.3, 0.4) is 0 Å². The molecule has 1 nitrogen and oxygen atoms in total. The Kier molecular flexibility index (Phi) is 7.26. The largest absolute Gasteiger partial charge is 0.381 e. The number of hydrogen-bond acceptors (Lipinski definition) is 1. The average molecular weight is 200 g/mol. The lowest BCUT2D eigenvalue weighted by Gasteiger charge is -2.21. The Morgan fingerprint density at radius 3 is 2.21 bits per heavy atom. The van der Waals surface area contributed by atoms with E-state index in [9.17, 15) is 0 Å². The number of hydrogen-bond donors (Lipinski definition) is 0. The highest BCUT2D eigenvalue weighted by Gasteiger charge is 2.12. The minimum atomic E-state index is 0.309. The van der Waals surface area contributed by atoms with Crippen LogP contribution in [-0.4, -0.2) is 13.2 Å². The molecule has 0 radical (unpaired) electrons. The van der Waals surface area contributed by atoms with Crippen LogP contribution in [0.5, 0.6) is 0 Å². The van der Waals surface area contributed by atoms with E-state index >= 15 is 0 Å². The normalized spacial score (nSPS) is 14.4. The van der Waals surface area contributed by atoms with Gasteiger partial charge in [0.15, 0.2) is 0 Å². The zero-order chi connectivity index (χ0) is 11.0.